The molecule has 0 fully saturated rings. The van der Waals surface area contributed by atoms with Gasteiger partial charge in [-0.2, -0.15) is 8.78 Å². The number of fused-ring (bicyclic) bond motifs is 1. The van der Waals surface area contributed by atoms with E-state index in [1.807, 2.05) is 23.1 Å². The Bertz CT molecular complexity index is 757. The Hall–Kier alpha value is -2.54. The Kier molecular flexibility index (Phi) is 6.63. The Balaban J connectivity index is 0.00000243. The van der Waals surface area contributed by atoms with Crippen LogP contribution < -0.4 is 20.7 Å². The van der Waals surface area contributed by atoms with Crippen molar-refractivity contribution in [1.29, 1.82) is 0 Å². The Morgan fingerprint density at radius 2 is 1.96 bits per heavy atom. The molecule has 0 aliphatic carbocycles. The van der Waals surface area contributed by atoms with E-state index in [1.54, 1.807) is 0 Å². The monoisotopic (exact) mass is 383 g/mol. The number of halogens is 3. The number of hydrogen-bond acceptors (Lipinski definition) is 4. The van der Waals surface area contributed by atoms with Gasteiger partial charge in [0, 0.05) is 23.6 Å². The van der Waals surface area contributed by atoms with Crippen molar-refractivity contribution in [3.63, 3.8) is 0 Å². The fraction of sp³-hybridized carbons (Fsp3) is 0.278. The molecule has 0 spiro atoms. The summed E-state index contributed by atoms with van der Waals surface area (Å²) in [7, 11) is 0. The second kappa shape index (κ2) is 8.71. The fourth-order valence-electron chi connectivity index (χ4n) is 2.99. The number of nitrogens with zero attached hydrogens (tertiary/aromatic N) is 1. The molecular formula is C18H20ClF2N3O2. The van der Waals surface area contributed by atoms with E-state index < -0.39 is 6.61 Å². The quantitative estimate of drug-likeness (QED) is 0.773. The summed E-state index contributed by atoms with van der Waals surface area (Å²) in [6.45, 7) is -1.89. The molecule has 2 aromatic rings. The molecule has 0 atom stereocenters. The van der Waals surface area contributed by atoms with E-state index in [9.17, 15) is 13.6 Å². The van der Waals surface area contributed by atoms with Crippen molar-refractivity contribution in [3.8, 4) is 5.75 Å². The lowest BCUT2D eigenvalue weighted by molar-refractivity contribution is -0.115. The zero-order chi connectivity index (χ0) is 17.8. The van der Waals surface area contributed by atoms with Crippen molar-refractivity contribution in [3.05, 3.63) is 48.0 Å². The second-order valence-electron chi connectivity index (χ2n) is 5.82. The van der Waals surface area contributed by atoms with Gasteiger partial charge in [-0.15, -0.1) is 12.4 Å². The van der Waals surface area contributed by atoms with Gasteiger partial charge in [-0.05, 0) is 54.8 Å². The molecular weight excluding hydrogens is 364 g/mol. The van der Waals surface area contributed by atoms with Crippen molar-refractivity contribution >= 4 is 35.4 Å². The third kappa shape index (κ3) is 4.76. The lowest BCUT2D eigenvalue weighted by atomic mass is 10.00. The van der Waals surface area contributed by atoms with E-state index in [1.165, 1.54) is 24.3 Å². The third-order valence-corrected chi connectivity index (χ3v) is 4.08. The van der Waals surface area contributed by atoms with Crippen LogP contribution in [0.15, 0.2) is 42.5 Å². The van der Waals surface area contributed by atoms with E-state index in [2.05, 4.69) is 10.1 Å². The van der Waals surface area contributed by atoms with Crippen LogP contribution in [0.4, 0.5) is 25.8 Å². The molecule has 0 aromatic heterocycles. The standard InChI is InChI=1S/C18H19F2N3O2.ClH/c19-18(20)25-13-8-6-12(7-9-13)22-17(24)11-23-10-2-3-14-15(21)4-1-5-16(14)23;/h1,4-9,18H,2-3,10-11,21H2,(H,22,24);1H. The first-order chi connectivity index (χ1) is 12.0. The smallest absolute Gasteiger partial charge is 0.387 e. The van der Waals surface area contributed by atoms with Crippen LogP contribution >= 0.6 is 12.4 Å². The van der Waals surface area contributed by atoms with Gasteiger partial charge in [0.2, 0.25) is 5.91 Å². The molecule has 0 radical (unpaired) electrons. The maximum Gasteiger partial charge on any atom is 0.387 e. The summed E-state index contributed by atoms with van der Waals surface area (Å²) in [5.41, 5.74) is 9.35. The molecule has 0 saturated carbocycles. The molecule has 2 aromatic carbocycles. The summed E-state index contributed by atoms with van der Waals surface area (Å²) < 4.78 is 28.5. The van der Waals surface area contributed by atoms with Gasteiger partial charge in [-0.3, -0.25) is 4.79 Å². The molecule has 1 aliphatic heterocycles. The average molecular weight is 384 g/mol. The minimum Gasteiger partial charge on any atom is -0.435 e. The first kappa shape index (κ1) is 19.8. The van der Waals surface area contributed by atoms with Gasteiger partial charge in [0.1, 0.15) is 5.75 Å². The van der Waals surface area contributed by atoms with Gasteiger partial charge in [0.15, 0.2) is 0 Å². The lowest BCUT2D eigenvalue weighted by Gasteiger charge is -2.31. The second-order valence-corrected chi connectivity index (χ2v) is 5.82. The minimum atomic E-state index is -2.87. The number of alkyl halides is 2. The number of ether oxygens (including phenoxy) is 1. The third-order valence-electron chi connectivity index (χ3n) is 4.08. The van der Waals surface area contributed by atoms with E-state index in [0.717, 1.165) is 36.3 Å². The predicted molar refractivity (Wildman–Crippen MR) is 100 cm³/mol. The largest absolute Gasteiger partial charge is 0.435 e. The Morgan fingerprint density at radius 1 is 1.23 bits per heavy atom. The number of nitrogens with two attached hydrogens (primary N) is 1. The molecule has 140 valence electrons. The first-order valence-corrected chi connectivity index (χ1v) is 8.00. The number of hydrogen-bond donors (Lipinski definition) is 2. The molecule has 3 rings (SSSR count). The van der Waals surface area contributed by atoms with Crippen LogP contribution in [0, 0.1) is 0 Å². The summed E-state index contributed by atoms with van der Waals surface area (Å²) in [5, 5.41) is 2.76. The van der Waals surface area contributed by atoms with Gasteiger partial charge in [-0.1, -0.05) is 6.07 Å². The predicted octanol–water partition coefficient (Wildman–Crippen LogP) is 3.68. The highest BCUT2D eigenvalue weighted by atomic mass is 35.5. The van der Waals surface area contributed by atoms with Crippen molar-refractivity contribution in [2.24, 2.45) is 0 Å². The van der Waals surface area contributed by atoms with Crippen LogP contribution in [0.2, 0.25) is 0 Å². The van der Waals surface area contributed by atoms with Crippen molar-refractivity contribution in [2.45, 2.75) is 19.5 Å². The van der Waals surface area contributed by atoms with Gasteiger partial charge >= 0.3 is 6.61 Å². The lowest BCUT2D eigenvalue weighted by Crippen LogP contribution is -2.37. The number of anilines is 3. The minimum absolute atomic E-state index is 0. The van der Waals surface area contributed by atoms with Crippen molar-refractivity contribution in [1.82, 2.24) is 0 Å². The highest BCUT2D eigenvalue weighted by Gasteiger charge is 2.20. The van der Waals surface area contributed by atoms with Gasteiger partial charge < -0.3 is 20.7 Å². The molecule has 1 heterocycles. The van der Waals surface area contributed by atoms with Crippen molar-refractivity contribution in [2.75, 3.05) is 29.0 Å². The molecule has 8 heteroatoms. The summed E-state index contributed by atoms with van der Waals surface area (Å²) in [6, 6.07) is 11.5. The van der Waals surface area contributed by atoms with E-state index in [0.29, 0.717) is 5.69 Å². The van der Waals surface area contributed by atoms with E-state index in [-0.39, 0.29) is 30.6 Å². The van der Waals surface area contributed by atoms with Crippen LogP contribution in [0.25, 0.3) is 0 Å². The number of nitrogens with one attached hydrogen (secondary N) is 1. The van der Waals surface area contributed by atoms with Crippen LogP contribution in [0.1, 0.15) is 12.0 Å². The van der Waals surface area contributed by atoms with Gasteiger partial charge in [-0.25, -0.2) is 0 Å². The number of carbonyl (C=O) groups excluding carboxylic acids is 1. The average Bonchev–Trinajstić information content (AvgIpc) is 2.57. The summed E-state index contributed by atoms with van der Waals surface area (Å²) >= 11 is 0. The molecule has 0 unspecified atom stereocenters. The Labute approximate surface area is 156 Å². The first-order valence-electron chi connectivity index (χ1n) is 8.00. The zero-order valence-electron chi connectivity index (χ0n) is 14.0. The van der Waals surface area contributed by atoms with Gasteiger partial charge in [0.05, 0.1) is 6.54 Å². The number of carbonyl (C=O) groups is 1. The summed E-state index contributed by atoms with van der Waals surface area (Å²) in [4.78, 5) is 14.3. The van der Waals surface area contributed by atoms with E-state index >= 15 is 0 Å². The van der Waals surface area contributed by atoms with Crippen LogP contribution in [-0.4, -0.2) is 25.6 Å². The summed E-state index contributed by atoms with van der Waals surface area (Å²) in [5.74, 6) is -0.133. The fourth-order valence-corrected chi connectivity index (χ4v) is 2.99. The maximum atomic E-state index is 12.3. The highest BCUT2D eigenvalue weighted by Crippen LogP contribution is 2.31. The summed E-state index contributed by atoms with van der Waals surface area (Å²) in [6.07, 6.45) is 1.85. The number of amides is 1. The van der Waals surface area contributed by atoms with Crippen LogP contribution in [-0.2, 0) is 11.2 Å². The molecule has 0 bridgehead atoms. The van der Waals surface area contributed by atoms with Crippen molar-refractivity contribution < 1.29 is 18.3 Å². The Morgan fingerprint density at radius 3 is 2.65 bits per heavy atom. The molecule has 1 amide bonds. The number of rotatable bonds is 5. The molecule has 0 saturated heterocycles. The number of nitrogen functional groups attached to an aromatic ring is 1. The van der Waals surface area contributed by atoms with Gasteiger partial charge in [0.25, 0.3) is 0 Å². The van der Waals surface area contributed by atoms with E-state index in [4.69, 9.17) is 5.73 Å². The van der Waals surface area contributed by atoms with Crippen LogP contribution in [0.5, 0.6) is 5.75 Å². The van der Waals surface area contributed by atoms with Crippen LogP contribution in [0.3, 0.4) is 0 Å². The highest BCUT2D eigenvalue weighted by molar-refractivity contribution is 5.94. The topological polar surface area (TPSA) is 67.6 Å². The molecule has 1 aliphatic rings. The normalized spacial score (nSPS) is 13.0. The molecule has 3 N–H and O–H groups in total. The molecule has 5 nitrogen and oxygen atoms in total. The SMILES string of the molecule is Cl.Nc1cccc2c1CCCN2CC(=O)Nc1ccc(OC(F)F)cc1. The molecule has 26 heavy (non-hydrogen) atoms. The number of benzene rings is 2. The zero-order valence-corrected chi connectivity index (χ0v) is 14.8. The maximum absolute atomic E-state index is 12.3.